The van der Waals surface area contributed by atoms with Crippen LogP contribution in [0.4, 0.5) is 5.13 Å². The Morgan fingerprint density at radius 3 is 2.84 bits per heavy atom. The van der Waals surface area contributed by atoms with Crippen molar-refractivity contribution in [1.82, 2.24) is 19.9 Å². The first-order valence-electron chi connectivity index (χ1n) is 7.79. The summed E-state index contributed by atoms with van der Waals surface area (Å²) in [5.74, 6) is 1.39. The van der Waals surface area contributed by atoms with E-state index in [4.69, 9.17) is 0 Å². The number of aromatic nitrogens is 4. The molecule has 126 valence electrons. The van der Waals surface area contributed by atoms with Crippen molar-refractivity contribution >= 4 is 40.0 Å². The van der Waals surface area contributed by atoms with Gasteiger partial charge in [0.25, 0.3) is 0 Å². The Balaban J connectivity index is 1.47. The van der Waals surface area contributed by atoms with E-state index in [2.05, 4.69) is 35.2 Å². The van der Waals surface area contributed by atoms with Gasteiger partial charge in [0, 0.05) is 42.6 Å². The number of nitrogens with one attached hydrogen (secondary N) is 1. The monoisotopic (exact) mass is 369 g/mol. The van der Waals surface area contributed by atoms with Gasteiger partial charge in [-0.05, 0) is 13.0 Å². The zero-order valence-electron chi connectivity index (χ0n) is 13.5. The Morgan fingerprint density at radius 1 is 1.12 bits per heavy atom. The molecule has 0 atom stereocenters. The second-order valence-electron chi connectivity index (χ2n) is 5.37. The van der Waals surface area contributed by atoms with Crippen LogP contribution in [0.1, 0.15) is 22.9 Å². The average Bonchev–Trinajstić information content (AvgIpc) is 3.25. The van der Waals surface area contributed by atoms with Crippen LogP contribution < -0.4 is 5.32 Å². The Hall–Kier alpha value is -2.52. The number of rotatable bonds is 4. The minimum absolute atomic E-state index is 0.616. The summed E-state index contributed by atoms with van der Waals surface area (Å²) in [4.78, 5) is 26.3. The molecule has 7 nitrogen and oxygen atoms in total. The zero-order chi connectivity index (χ0) is 17.1. The molecule has 0 bridgehead atoms. The first-order valence-corrected chi connectivity index (χ1v) is 9.55. The summed E-state index contributed by atoms with van der Waals surface area (Å²) in [5.41, 5.74) is 2.71. The van der Waals surface area contributed by atoms with Crippen molar-refractivity contribution in [3.05, 3.63) is 39.5 Å². The molecule has 1 aliphatic rings. The Kier molecular flexibility index (Phi) is 4.57. The molecule has 0 saturated heterocycles. The number of thiazole rings is 2. The van der Waals surface area contributed by atoms with E-state index in [0.29, 0.717) is 12.4 Å². The smallest absolute Gasteiger partial charge is 0.223 e. The van der Waals surface area contributed by atoms with Crippen molar-refractivity contribution < 1.29 is 0 Å². The number of guanidine groups is 1. The second kappa shape index (κ2) is 7.16. The van der Waals surface area contributed by atoms with Crippen LogP contribution in [0.2, 0.25) is 0 Å². The van der Waals surface area contributed by atoms with Crippen molar-refractivity contribution in [3.8, 4) is 11.4 Å². The summed E-state index contributed by atoms with van der Waals surface area (Å²) in [6, 6.07) is 1.92. The highest BCUT2D eigenvalue weighted by molar-refractivity contribution is 7.14. The van der Waals surface area contributed by atoms with Gasteiger partial charge >= 0.3 is 0 Å². The van der Waals surface area contributed by atoms with Gasteiger partial charge in [-0.1, -0.05) is 0 Å². The van der Waals surface area contributed by atoms with Gasteiger partial charge in [0.05, 0.1) is 10.7 Å². The summed E-state index contributed by atoms with van der Waals surface area (Å²) in [6.07, 6.45) is 5.24. The van der Waals surface area contributed by atoms with Crippen molar-refractivity contribution in [1.29, 1.82) is 0 Å². The molecule has 0 fully saturated rings. The molecule has 1 aliphatic heterocycles. The number of hydrogen-bond acceptors (Lipinski definition) is 9. The summed E-state index contributed by atoms with van der Waals surface area (Å²) in [6.45, 7) is 2.66. The topological polar surface area (TPSA) is 88.3 Å². The third-order valence-electron chi connectivity index (χ3n) is 3.44. The van der Waals surface area contributed by atoms with E-state index in [0.717, 1.165) is 46.0 Å². The van der Waals surface area contributed by atoms with Crippen molar-refractivity contribution in [2.75, 3.05) is 11.9 Å². The van der Waals surface area contributed by atoms with Gasteiger partial charge in [0.1, 0.15) is 17.2 Å². The van der Waals surface area contributed by atoms with E-state index >= 15 is 0 Å². The van der Waals surface area contributed by atoms with Gasteiger partial charge in [0.2, 0.25) is 5.96 Å². The molecule has 0 unspecified atom stereocenters. The molecule has 0 aliphatic carbocycles. The maximum Gasteiger partial charge on any atom is 0.223 e. The van der Waals surface area contributed by atoms with E-state index < -0.39 is 0 Å². The lowest BCUT2D eigenvalue weighted by atomic mass is 10.3. The highest BCUT2D eigenvalue weighted by Crippen LogP contribution is 2.27. The molecular formula is C16H15N7S2. The van der Waals surface area contributed by atoms with Gasteiger partial charge in [-0.3, -0.25) is 4.99 Å². The maximum absolute atomic E-state index is 4.68. The average molecular weight is 369 g/mol. The van der Waals surface area contributed by atoms with Crippen LogP contribution in [0.3, 0.4) is 0 Å². The molecule has 3 aromatic rings. The molecule has 3 aromatic heterocycles. The molecule has 0 aromatic carbocycles. The predicted octanol–water partition coefficient (Wildman–Crippen LogP) is 3.20. The van der Waals surface area contributed by atoms with E-state index in [1.54, 1.807) is 17.5 Å². The quantitative estimate of drug-likeness (QED) is 0.763. The molecule has 0 saturated carbocycles. The molecule has 4 heterocycles. The molecule has 4 rings (SSSR count). The SMILES string of the molecule is Cc1nccc(Cc2nc(-c3csc(NC4=NCCC=N4)n3)cs2)n1. The highest BCUT2D eigenvalue weighted by atomic mass is 32.1. The fourth-order valence-electron chi connectivity index (χ4n) is 2.30. The standard InChI is InChI=1S/C16H15N7S2/c1-10-17-6-3-11(20-10)7-14-21-12(8-24-14)13-9-25-16(22-13)23-15-18-4-2-5-19-15/h3-4,6,8-9H,2,5,7H2,1H3,(H,19,22,23). The van der Waals surface area contributed by atoms with Crippen LogP contribution in [0, 0.1) is 6.92 Å². The zero-order valence-corrected chi connectivity index (χ0v) is 15.1. The fourth-order valence-corrected chi connectivity index (χ4v) is 3.81. The summed E-state index contributed by atoms with van der Waals surface area (Å²) >= 11 is 3.14. The van der Waals surface area contributed by atoms with E-state index in [1.807, 2.05) is 30.0 Å². The third-order valence-corrected chi connectivity index (χ3v) is 5.04. The van der Waals surface area contributed by atoms with Gasteiger partial charge in [-0.2, -0.15) is 0 Å². The largest absolute Gasteiger partial charge is 0.300 e. The fraction of sp³-hybridized carbons (Fsp3) is 0.250. The second-order valence-corrected chi connectivity index (χ2v) is 7.17. The third kappa shape index (κ3) is 3.94. The van der Waals surface area contributed by atoms with Crippen LogP contribution in [0.15, 0.2) is 33.0 Å². The molecule has 0 amide bonds. The van der Waals surface area contributed by atoms with Gasteiger partial charge in [0.15, 0.2) is 5.13 Å². The number of hydrogen-bond donors (Lipinski definition) is 1. The molecular weight excluding hydrogens is 354 g/mol. The molecule has 9 heteroatoms. The maximum atomic E-state index is 4.68. The van der Waals surface area contributed by atoms with Crippen molar-refractivity contribution in [2.24, 2.45) is 9.98 Å². The van der Waals surface area contributed by atoms with E-state index in [-0.39, 0.29) is 0 Å². The van der Waals surface area contributed by atoms with Gasteiger partial charge in [-0.25, -0.2) is 24.9 Å². The Bertz CT molecular complexity index is 941. The lowest BCUT2D eigenvalue weighted by molar-refractivity contribution is 0.961. The summed E-state index contributed by atoms with van der Waals surface area (Å²) in [7, 11) is 0. The van der Waals surface area contributed by atoms with Crippen molar-refractivity contribution in [2.45, 2.75) is 19.8 Å². The van der Waals surface area contributed by atoms with Crippen LogP contribution in [-0.2, 0) is 6.42 Å². The lowest BCUT2D eigenvalue weighted by Crippen LogP contribution is -2.13. The van der Waals surface area contributed by atoms with Gasteiger partial charge in [-0.15, -0.1) is 22.7 Å². The Labute approximate surface area is 152 Å². The molecule has 25 heavy (non-hydrogen) atoms. The van der Waals surface area contributed by atoms with Crippen molar-refractivity contribution in [3.63, 3.8) is 0 Å². The van der Waals surface area contributed by atoms with Crippen LogP contribution in [0.5, 0.6) is 0 Å². The number of aliphatic imine (C=N–C) groups is 2. The highest BCUT2D eigenvalue weighted by Gasteiger charge is 2.11. The number of nitrogens with zero attached hydrogens (tertiary/aromatic N) is 6. The Morgan fingerprint density at radius 2 is 2.00 bits per heavy atom. The minimum Gasteiger partial charge on any atom is -0.300 e. The normalized spacial score (nSPS) is 13.7. The summed E-state index contributed by atoms with van der Waals surface area (Å²) in [5, 5.41) is 8.94. The van der Waals surface area contributed by atoms with Crippen LogP contribution in [0.25, 0.3) is 11.4 Å². The predicted molar refractivity (Wildman–Crippen MR) is 102 cm³/mol. The lowest BCUT2D eigenvalue weighted by Gasteiger charge is -2.04. The van der Waals surface area contributed by atoms with Gasteiger partial charge < -0.3 is 5.32 Å². The van der Waals surface area contributed by atoms with Crippen LogP contribution in [-0.4, -0.2) is 38.7 Å². The first kappa shape index (κ1) is 16.0. The van der Waals surface area contributed by atoms with E-state index in [1.165, 1.54) is 11.3 Å². The summed E-state index contributed by atoms with van der Waals surface area (Å²) < 4.78 is 0. The van der Waals surface area contributed by atoms with E-state index in [9.17, 15) is 0 Å². The molecule has 0 spiro atoms. The number of anilines is 1. The minimum atomic E-state index is 0.616. The molecule has 0 radical (unpaired) electrons. The number of aryl methyl sites for hydroxylation is 1. The molecule has 1 N–H and O–H groups in total. The first-order chi connectivity index (χ1) is 12.3. The van der Waals surface area contributed by atoms with Crippen LogP contribution >= 0.6 is 22.7 Å².